The molecule has 4 bridgehead atoms. The Bertz CT molecular complexity index is 624. The number of hydrogen-bond donors (Lipinski definition) is 2. The van der Waals surface area contributed by atoms with Crippen LogP contribution >= 0.6 is 12.4 Å². The van der Waals surface area contributed by atoms with Crippen LogP contribution in [0.5, 0.6) is 0 Å². The summed E-state index contributed by atoms with van der Waals surface area (Å²) >= 11 is 0. The molecular weight excluding hydrogens is 320 g/mol. The summed E-state index contributed by atoms with van der Waals surface area (Å²) in [5.74, 6) is 0.992. The Labute approximate surface area is 151 Å². The molecule has 4 heteroatoms. The van der Waals surface area contributed by atoms with Gasteiger partial charge in [-0.1, -0.05) is 26.0 Å². The van der Waals surface area contributed by atoms with E-state index < -0.39 is 0 Å². The average molecular weight is 349 g/mol. The van der Waals surface area contributed by atoms with Gasteiger partial charge < -0.3 is 11.1 Å². The summed E-state index contributed by atoms with van der Waals surface area (Å²) in [4.78, 5) is 13.2. The molecule has 0 saturated heterocycles. The van der Waals surface area contributed by atoms with Gasteiger partial charge in [-0.2, -0.15) is 0 Å². The molecule has 2 atom stereocenters. The molecule has 0 spiro atoms. The van der Waals surface area contributed by atoms with Crippen LogP contribution in [0, 0.1) is 22.2 Å². The summed E-state index contributed by atoms with van der Waals surface area (Å²) in [6.45, 7) is 5.36. The minimum atomic E-state index is -0.143. The van der Waals surface area contributed by atoms with Crippen LogP contribution in [0.2, 0.25) is 0 Å². The van der Waals surface area contributed by atoms with Crippen molar-refractivity contribution in [3.05, 3.63) is 29.8 Å². The first-order valence-electron chi connectivity index (χ1n) is 8.94. The van der Waals surface area contributed by atoms with Crippen molar-refractivity contribution < 1.29 is 4.79 Å². The van der Waals surface area contributed by atoms with Crippen molar-refractivity contribution >= 4 is 24.0 Å². The molecule has 4 fully saturated rings. The van der Waals surface area contributed by atoms with Crippen molar-refractivity contribution in [1.29, 1.82) is 0 Å². The third-order valence-electron chi connectivity index (χ3n) is 6.56. The topological polar surface area (TPSA) is 55.1 Å². The Morgan fingerprint density at radius 2 is 1.67 bits per heavy atom. The van der Waals surface area contributed by atoms with Crippen LogP contribution in [0.3, 0.4) is 0 Å². The van der Waals surface area contributed by atoms with Crippen molar-refractivity contribution in [2.45, 2.75) is 58.9 Å². The summed E-state index contributed by atoms with van der Waals surface area (Å²) < 4.78 is 0. The lowest BCUT2D eigenvalue weighted by molar-refractivity contribution is -0.165. The van der Waals surface area contributed by atoms with Gasteiger partial charge in [0.15, 0.2) is 0 Å². The predicted molar refractivity (Wildman–Crippen MR) is 100 cm³/mol. The van der Waals surface area contributed by atoms with Crippen LogP contribution in [0.15, 0.2) is 24.3 Å². The van der Waals surface area contributed by atoms with Gasteiger partial charge in [-0.15, -0.1) is 12.4 Å². The van der Waals surface area contributed by atoms with Gasteiger partial charge in [0.05, 0.1) is 5.41 Å². The molecule has 3 N–H and O–H groups in total. The summed E-state index contributed by atoms with van der Waals surface area (Å²) in [5.41, 5.74) is 8.24. The predicted octanol–water partition coefficient (Wildman–Crippen LogP) is 4.50. The molecule has 5 rings (SSSR count). The number of hydrogen-bond acceptors (Lipinski definition) is 2. The van der Waals surface area contributed by atoms with Gasteiger partial charge in [-0.25, -0.2) is 0 Å². The minimum Gasteiger partial charge on any atom is -0.326 e. The fourth-order valence-electron chi connectivity index (χ4n) is 6.69. The second-order valence-corrected chi connectivity index (χ2v) is 9.27. The van der Waals surface area contributed by atoms with Gasteiger partial charge in [0, 0.05) is 12.2 Å². The number of anilines is 1. The smallest absolute Gasteiger partial charge is 0.230 e. The van der Waals surface area contributed by atoms with Crippen molar-refractivity contribution in [3.63, 3.8) is 0 Å². The summed E-state index contributed by atoms with van der Waals surface area (Å²) in [5, 5.41) is 3.20. The molecule has 132 valence electrons. The van der Waals surface area contributed by atoms with E-state index in [2.05, 4.69) is 19.2 Å². The molecule has 3 nitrogen and oxygen atoms in total. The fourth-order valence-corrected chi connectivity index (χ4v) is 6.69. The second-order valence-electron chi connectivity index (χ2n) is 9.27. The number of nitrogens with one attached hydrogen (secondary N) is 1. The van der Waals surface area contributed by atoms with Gasteiger partial charge in [-0.3, -0.25) is 4.79 Å². The fraction of sp³-hybridized carbons (Fsp3) is 0.650. The maximum atomic E-state index is 13.2. The third-order valence-corrected chi connectivity index (χ3v) is 6.56. The zero-order chi connectivity index (χ0) is 16.3. The quantitative estimate of drug-likeness (QED) is 0.844. The van der Waals surface area contributed by atoms with Crippen LogP contribution in [0.1, 0.15) is 57.9 Å². The lowest BCUT2D eigenvalue weighted by Crippen LogP contribution is -2.58. The van der Waals surface area contributed by atoms with E-state index in [1.54, 1.807) is 0 Å². The molecule has 0 aliphatic heterocycles. The lowest BCUT2D eigenvalue weighted by atomic mass is 9.40. The minimum absolute atomic E-state index is 0. The van der Waals surface area contributed by atoms with Crippen LogP contribution in [0.25, 0.3) is 0 Å². The van der Waals surface area contributed by atoms with Crippen LogP contribution in [0.4, 0.5) is 5.69 Å². The largest absolute Gasteiger partial charge is 0.326 e. The van der Waals surface area contributed by atoms with E-state index in [4.69, 9.17) is 5.73 Å². The highest BCUT2D eigenvalue weighted by Gasteiger charge is 2.62. The first-order chi connectivity index (χ1) is 10.8. The second kappa shape index (κ2) is 5.74. The molecule has 1 aromatic rings. The van der Waals surface area contributed by atoms with Crippen molar-refractivity contribution in [1.82, 2.24) is 0 Å². The normalized spacial score (nSPS) is 39.4. The molecule has 1 aromatic carbocycles. The molecule has 0 heterocycles. The van der Waals surface area contributed by atoms with Gasteiger partial charge in [0.2, 0.25) is 5.91 Å². The number of rotatable bonds is 3. The Kier molecular flexibility index (Phi) is 4.25. The lowest BCUT2D eigenvalue weighted by Gasteiger charge is -2.64. The van der Waals surface area contributed by atoms with Gasteiger partial charge in [0.25, 0.3) is 0 Å². The number of carbonyl (C=O) groups excluding carboxylic acids is 1. The van der Waals surface area contributed by atoms with E-state index in [1.165, 1.54) is 19.3 Å². The van der Waals surface area contributed by atoms with Gasteiger partial charge in [0.1, 0.15) is 0 Å². The number of amides is 1. The first-order valence-corrected chi connectivity index (χ1v) is 8.94. The monoisotopic (exact) mass is 348 g/mol. The SMILES string of the molecule is CC12CC3CC(C)(C1)CC(C(=O)Nc1ccc(CN)cc1)(C3)C2.Cl. The maximum absolute atomic E-state index is 13.2. The molecule has 4 saturated carbocycles. The van der Waals surface area contributed by atoms with E-state index >= 15 is 0 Å². The van der Waals surface area contributed by atoms with E-state index in [9.17, 15) is 4.79 Å². The summed E-state index contributed by atoms with van der Waals surface area (Å²) in [6, 6.07) is 7.95. The van der Waals surface area contributed by atoms with Crippen LogP contribution in [-0.4, -0.2) is 5.91 Å². The molecule has 2 unspecified atom stereocenters. The van der Waals surface area contributed by atoms with Gasteiger partial charge >= 0.3 is 0 Å². The Hall–Kier alpha value is -1.06. The van der Waals surface area contributed by atoms with Gasteiger partial charge in [-0.05, 0) is 73.0 Å². The number of nitrogens with two attached hydrogens (primary N) is 1. The summed E-state index contributed by atoms with van der Waals surface area (Å²) in [6.07, 6.45) is 7.17. The van der Waals surface area contributed by atoms with E-state index in [0.717, 1.165) is 36.4 Å². The third kappa shape index (κ3) is 2.86. The van der Waals surface area contributed by atoms with Crippen LogP contribution < -0.4 is 11.1 Å². The highest BCUT2D eigenvalue weighted by atomic mass is 35.5. The molecular formula is C20H29ClN2O. The zero-order valence-electron chi connectivity index (χ0n) is 14.7. The van der Waals surface area contributed by atoms with E-state index in [1.807, 2.05) is 24.3 Å². The molecule has 4 aliphatic rings. The molecule has 0 aromatic heterocycles. The Morgan fingerprint density at radius 3 is 2.17 bits per heavy atom. The van der Waals surface area contributed by atoms with Crippen molar-refractivity contribution in [2.24, 2.45) is 27.9 Å². The van der Waals surface area contributed by atoms with E-state index in [-0.39, 0.29) is 23.7 Å². The number of carbonyl (C=O) groups is 1. The number of benzene rings is 1. The molecule has 4 aliphatic carbocycles. The van der Waals surface area contributed by atoms with E-state index in [0.29, 0.717) is 17.4 Å². The van der Waals surface area contributed by atoms with Crippen molar-refractivity contribution in [2.75, 3.05) is 5.32 Å². The Morgan fingerprint density at radius 1 is 1.08 bits per heavy atom. The zero-order valence-corrected chi connectivity index (χ0v) is 15.5. The highest BCUT2D eigenvalue weighted by Crippen LogP contribution is 2.69. The average Bonchev–Trinajstić information content (AvgIpc) is 2.44. The molecule has 1 amide bonds. The number of halogens is 1. The first kappa shape index (κ1) is 17.8. The van der Waals surface area contributed by atoms with Crippen LogP contribution in [-0.2, 0) is 11.3 Å². The van der Waals surface area contributed by atoms with Crippen molar-refractivity contribution in [3.8, 4) is 0 Å². The molecule has 0 radical (unpaired) electrons. The highest BCUT2D eigenvalue weighted by molar-refractivity contribution is 5.95. The standard InChI is InChI=1S/C20H28N2O.ClH/c1-18-7-15-8-19(2,11-18)13-20(9-15,12-18)17(23)22-16-5-3-14(10-21)4-6-16;/h3-6,15H,7-13,21H2,1-2H3,(H,22,23);1H. The maximum Gasteiger partial charge on any atom is 0.230 e. The molecule has 24 heavy (non-hydrogen) atoms. The summed E-state index contributed by atoms with van der Waals surface area (Å²) in [7, 11) is 0. The Balaban J connectivity index is 0.00000169.